The topological polar surface area (TPSA) is 58.9 Å². The van der Waals surface area contributed by atoms with Crippen molar-refractivity contribution in [2.45, 2.75) is 13.3 Å². The first-order valence-electron chi connectivity index (χ1n) is 4.80. The Morgan fingerprint density at radius 2 is 2.31 bits per heavy atom. The summed E-state index contributed by atoms with van der Waals surface area (Å²) in [5, 5.41) is 11.5. The molecule has 0 amide bonds. The van der Waals surface area contributed by atoms with Gasteiger partial charge in [-0.1, -0.05) is 17.3 Å². The average Bonchev–Trinajstić information content (AvgIpc) is 2.26. The summed E-state index contributed by atoms with van der Waals surface area (Å²) in [6.45, 7) is 1.84. The highest BCUT2D eigenvalue weighted by atomic mass is 19.1. The van der Waals surface area contributed by atoms with Crippen molar-refractivity contribution in [3.63, 3.8) is 0 Å². The number of carbonyl (C=O) groups excluding carboxylic acids is 1. The van der Waals surface area contributed by atoms with Crippen molar-refractivity contribution in [3.8, 4) is 0 Å². The molecule has 0 saturated heterocycles. The second-order valence-corrected chi connectivity index (χ2v) is 3.07. The molecule has 16 heavy (non-hydrogen) atoms. The van der Waals surface area contributed by atoms with Crippen LogP contribution in [0.3, 0.4) is 0 Å². The van der Waals surface area contributed by atoms with E-state index in [1.807, 2.05) is 0 Å². The maximum Gasteiger partial charge on any atom is 0.356 e. The van der Waals surface area contributed by atoms with Gasteiger partial charge in [0.05, 0.1) is 6.61 Å². The molecule has 0 aromatic heterocycles. The molecule has 0 spiro atoms. The molecule has 5 heteroatoms. The van der Waals surface area contributed by atoms with Crippen LogP contribution in [0.25, 0.3) is 0 Å². The average molecular weight is 225 g/mol. The van der Waals surface area contributed by atoms with Crippen LogP contribution in [0.4, 0.5) is 4.39 Å². The zero-order valence-electron chi connectivity index (χ0n) is 8.81. The van der Waals surface area contributed by atoms with Gasteiger partial charge < -0.3 is 9.94 Å². The van der Waals surface area contributed by atoms with Crippen LogP contribution in [-0.2, 0) is 16.0 Å². The number of esters is 1. The largest absolute Gasteiger partial charge is 0.461 e. The molecule has 4 nitrogen and oxygen atoms in total. The molecule has 0 atom stereocenters. The minimum absolute atomic E-state index is 0.0348. The van der Waals surface area contributed by atoms with E-state index < -0.39 is 11.8 Å². The maximum atomic E-state index is 12.9. The van der Waals surface area contributed by atoms with Crippen molar-refractivity contribution in [3.05, 3.63) is 35.6 Å². The molecule has 0 unspecified atom stereocenters. The predicted octanol–water partition coefficient (Wildman–Crippen LogP) is 1.76. The van der Waals surface area contributed by atoms with Crippen LogP contribution in [0, 0.1) is 5.82 Å². The van der Waals surface area contributed by atoms with Crippen LogP contribution in [0.5, 0.6) is 0 Å². The van der Waals surface area contributed by atoms with E-state index in [1.165, 1.54) is 18.2 Å². The number of nitrogens with zero attached hydrogens (tertiary/aromatic N) is 1. The van der Waals surface area contributed by atoms with Crippen LogP contribution >= 0.6 is 0 Å². The Morgan fingerprint density at radius 1 is 1.56 bits per heavy atom. The zero-order chi connectivity index (χ0) is 12.0. The smallest absolute Gasteiger partial charge is 0.356 e. The SMILES string of the molecule is CCOC(=O)C(Cc1cccc(F)c1)=NO. The fourth-order valence-electron chi connectivity index (χ4n) is 1.20. The fraction of sp³-hybridized carbons (Fsp3) is 0.273. The molecule has 0 bridgehead atoms. The predicted molar refractivity (Wildman–Crippen MR) is 56.0 cm³/mol. The molecule has 0 saturated carbocycles. The first kappa shape index (κ1) is 12.2. The van der Waals surface area contributed by atoms with Gasteiger partial charge in [0.25, 0.3) is 0 Å². The van der Waals surface area contributed by atoms with Crippen LogP contribution < -0.4 is 0 Å². The Morgan fingerprint density at radius 3 is 2.88 bits per heavy atom. The lowest BCUT2D eigenvalue weighted by Gasteiger charge is -2.04. The minimum atomic E-state index is -0.700. The quantitative estimate of drug-likeness (QED) is 0.367. The summed E-state index contributed by atoms with van der Waals surface area (Å²) in [5.74, 6) is -1.10. The van der Waals surface area contributed by atoms with Gasteiger partial charge in [-0.2, -0.15) is 0 Å². The van der Waals surface area contributed by atoms with Gasteiger partial charge >= 0.3 is 5.97 Å². The van der Waals surface area contributed by atoms with E-state index in [0.29, 0.717) is 5.56 Å². The van der Waals surface area contributed by atoms with Gasteiger partial charge in [0, 0.05) is 6.42 Å². The van der Waals surface area contributed by atoms with E-state index in [9.17, 15) is 9.18 Å². The number of benzene rings is 1. The third-order valence-electron chi connectivity index (χ3n) is 1.89. The lowest BCUT2D eigenvalue weighted by Crippen LogP contribution is -2.20. The number of halogens is 1. The Bertz CT molecular complexity index is 404. The summed E-state index contributed by atoms with van der Waals surface area (Å²) >= 11 is 0. The monoisotopic (exact) mass is 225 g/mol. The molecule has 1 rings (SSSR count). The lowest BCUT2D eigenvalue weighted by molar-refractivity contribution is -0.135. The van der Waals surface area contributed by atoms with E-state index >= 15 is 0 Å². The van der Waals surface area contributed by atoms with E-state index in [-0.39, 0.29) is 18.7 Å². The number of hydrogen-bond acceptors (Lipinski definition) is 4. The molecule has 0 heterocycles. The highest BCUT2D eigenvalue weighted by Crippen LogP contribution is 2.05. The molecular formula is C11H12FNO3. The summed E-state index contributed by atoms with van der Waals surface area (Å²) in [6.07, 6.45) is 0.0348. The third-order valence-corrected chi connectivity index (χ3v) is 1.89. The van der Waals surface area contributed by atoms with Crippen molar-refractivity contribution < 1.29 is 19.1 Å². The summed E-state index contributed by atoms with van der Waals surface area (Å²) in [7, 11) is 0. The normalized spacial score (nSPS) is 11.2. The molecule has 0 fully saturated rings. The third kappa shape index (κ3) is 3.34. The summed E-state index contributed by atoms with van der Waals surface area (Å²) in [5.41, 5.74) is 0.397. The molecule has 1 aromatic carbocycles. The van der Waals surface area contributed by atoms with Gasteiger partial charge in [-0.05, 0) is 24.6 Å². The molecule has 86 valence electrons. The highest BCUT2D eigenvalue weighted by Gasteiger charge is 2.14. The van der Waals surface area contributed by atoms with E-state index in [4.69, 9.17) is 5.21 Å². The first-order valence-corrected chi connectivity index (χ1v) is 4.80. The molecule has 1 N–H and O–H groups in total. The Hall–Kier alpha value is -1.91. The second-order valence-electron chi connectivity index (χ2n) is 3.07. The number of oxime groups is 1. The molecular weight excluding hydrogens is 213 g/mol. The fourth-order valence-corrected chi connectivity index (χ4v) is 1.20. The number of hydrogen-bond donors (Lipinski definition) is 1. The number of carbonyl (C=O) groups is 1. The van der Waals surface area contributed by atoms with Gasteiger partial charge in [-0.25, -0.2) is 9.18 Å². The number of ether oxygens (including phenoxy) is 1. The van der Waals surface area contributed by atoms with Crippen molar-refractivity contribution in [2.75, 3.05) is 6.61 Å². The van der Waals surface area contributed by atoms with Crippen molar-refractivity contribution >= 4 is 11.7 Å². The van der Waals surface area contributed by atoms with Crippen LogP contribution in [0.1, 0.15) is 12.5 Å². The van der Waals surface area contributed by atoms with E-state index in [2.05, 4.69) is 9.89 Å². The summed E-state index contributed by atoms with van der Waals surface area (Å²) in [4.78, 5) is 11.3. The van der Waals surface area contributed by atoms with Gasteiger partial charge in [-0.15, -0.1) is 0 Å². The molecule has 1 aromatic rings. The second kappa shape index (κ2) is 5.85. The van der Waals surface area contributed by atoms with Gasteiger partial charge in [0.1, 0.15) is 5.82 Å². The Labute approximate surface area is 92.3 Å². The summed E-state index contributed by atoms with van der Waals surface area (Å²) in [6, 6.07) is 5.71. The van der Waals surface area contributed by atoms with Gasteiger partial charge in [0.2, 0.25) is 0 Å². The van der Waals surface area contributed by atoms with Crippen molar-refractivity contribution in [1.82, 2.24) is 0 Å². The standard InChI is InChI=1S/C11H12FNO3/c1-2-16-11(14)10(13-15)7-8-4-3-5-9(12)6-8/h3-6,15H,2,7H2,1H3. The zero-order valence-corrected chi connectivity index (χ0v) is 8.81. The van der Waals surface area contributed by atoms with Crippen LogP contribution in [0.2, 0.25) is 0 Å². The van der Waals surface area contributed by atoms with Crippen molar-refractivity contribution in [1.29, 1.82) is 0 Å². The van der Waals surface area contributed by atoms with Crippen molar-refractivity contribution in [2.24, 2.45) is 5.16 Å². The number of rotatable bonds is 4. The maximum absolute atomic E-state index is 12.9. The Kier molecular flexibility index (Phi) is 4.44. The molecule has 0 aliphatic rings. The first-order chi connectivity index (χ1) is 7.67. The molecule has 0 aliphatic carbocycles. The van der Waals surface area contributed by atoms with Crippen LogP contribution in [0.15, 0.2) is 29.4 Å². The minimum Gasteiger partial charge on any atom is -0.461 e. The summed E-state index contributed by atoms with van der Waals surface area (Å²) < 4.78 is 17.5. The van der Waals surface area contributed by atoms with Gasteiger partial charge in [0.15, 0.2) is 5.71 Å². The molecule has 0 aliphatic heterocycles. The Balaban J connectivity index is 2.75. The van der Waals surface area contributed by atoms with Crippen LogP contribution in [-0.4, -0.2) is 23.5 Å². The van der Waals surface area contributed by atoms with E-state index in [1.54, 1.807) is 13.0 Å². The lowest BCUT2D eigenvalue weighted by atomic mass is 10.1. The molecule has 0 radical (unpaired) electrons. The van der Waals surface area contributed by atoms with Gasteiger partial charge in [-0.3, -0.25) is 0 Å². The highest BCUT2D eigenvalue weighted by molar-refractivity contribution is 6.36. The van der Waals surface area contributed by atoms with E-state index in [0.717, 1.165) is 0 Å².